The molecule has 146 valence electrons. The Kier molecular flexibility index (Phi) is 4.41. The average Bonchev–Trinajstić information content (AvgIpc) is 2.68. The number of rotatable bonds is 3. The van der Waals surface area contributed by atoms with Crippen LogP contribution in [0.3, 0.4) is 0 Å². The number of carbonyl (C=O) groups is 1. The van der Waals surface area contributed by atoms with E-state index in [9.17, 15) is 4.79 Å². The van der Waals surface area contributed by atoms with Crippen LogP contribution in [0.1, 0.15) is 50.1 Å². The van der Waals surface area contributed by atoms with Gasteiger partial charge >= 0.3 is 0 Å². The number of piperidine rings is 1. The lowest BCUT2D eigenvalue weighted by molar-refractivity contribution is -0.128. The van der Waals surface area contributed by atoms with Crippen molar-refractivity contribution in [2.24, 2.45) is 5.92 Å². The highest BCUT2D eigenvalue weighted by atomic mass is 16.5. The molecule has 5 rings (SSSR count). The Balaban J connectivity index is 1.34. The second-order valence-corrected chi connectivity index (χ2v) is 8.25. The predicted molar refractivity (Wildman–Crippen MR) is 106 cm³/mol. The molecular weight excluding hydrogens is 352 g/mol. The SMILES string of the molecule is O=C(NC1CC2(CCN(c3ncccn3)CC2)Oc2ccccc21)C1CCC1. The number of ether oxygens (including phenoxy) is 1. The Labute approximate surface area is 165 Å². The van der Waals surface area contributed by atoms with Crippen LogP contribution in [0.2, 0.25) is 0 Å². The van der Waals surface area contributed by atoms with Crippen LogP contribution in [-0.4, -0.2) is 34.6 Å². The maximum absolute atomic E-state index is 12.6. The molecule has 1 N–H and O–H groups in total. The summed E-state index contributed by atoms with van der Waals surface area (Å²) in [5, 5.41) is 3.33. The molecule has 2 fully saturated rings. The van der Waals surface area contributed by atoms with Gasteiger partial charge in [0.1, 0.15) is 11.4 Å². The molecule has 28 heavy (non-hydrogen) atoms. The van der Waals surface area contributed by atoms with E-state index in [1.807, 2.05) is 24.3 Å². The quantitative estimate of drug-likeness (QED) is 0.888. The number of para-hydroxylation sites is 1. The highest BCUT2D eigenvalue weighted by Gasteiger charge is 2.44. The summed E-state index contributed by atoms with van der Waals surface area (Å²) in [5.41, 5.74) is 0.867. The molecule has 1 saturated carbocycles. The topological polar surface area (TPSA) is 67.4 Å². The third-order valence-electron chi connectivity index (χ3n) is 6.50. The predicted octanol–water partition coefficient (Wildman–Crippen LogP) is 3.26. The van der Waals surface area contributed by atoms with Crippen LogP contribution in [0.5, 0.6) is 5.75 Å². The van der Waals surface area contributed by atoms with Crippen molar-refractivity contribution in [1.29, 1.82) is 0 Å². The Bertz CT molecular complexity index is 845. The summed E-state index contributed by atoms with van der Waals surface area (Å²) in [5.74, 6) is 2.10. The second-order valence-electron chi connectivity index (χ2n) is 8.25. The zero-order valence-corrected chi connectivity index (χ0v) is 16.0. The molecule has 1 unspecified atom stereocenters. The van der Waals surface area contributed by atoms with Crippen LogP contribution < -0.4 is 15.0 Å². The molecule has 1 saturated heterocycles. The van der Waals surface area contributed by atoms with E-state index in [0.717, 1.165) is 62.5 Å². The van der Waals surface area contributed by atoms with E-state index in [1.54, 1.807) is 12.4 Å². The van der Waals surface area contributed by atoms with Crippen molar-refractivity contribution in [1.82, 2.24) is 15.3 Å². The van der Waals surface area contributed by atoms with Gasteiger partial charge in [0, 0.05) is 56.2 Å². The summed E-state index contributed by atoms with van der Waals surface area (Å²) < 4.78 is 6.54. The molecule has 1 aromatic carbocycles. The fraction of sp³-hybridized carbons (Fsp3) is 0.500. The first-order chi connectivity index (χ1) is 13.7. The Hall–Kier alpha value is -2.63. The van der Waals surface area contributed by atoms with Crippen molar-refractivity contribution in [2.75, 3.05) is 18.0 Å². The molecule has 1 amide bonds. The normalized spacial score (nSPS) is 23.4. The highest BCUT2D eigenvalue weighted by Crippen LogP contribution is 2.44. The van der Waals surface area contributed by atoms with Gasteiger partial charge in [0.05, 0.1) is 6.04 Å². The summed E-state index contributed by atoms with van der Waals surface area (Å²) >= 11 is 0. The molecule has 1 spiro atoms. The first-order valence-electron chi connectivity index (χ1n) is 10.3. The Morgan fingerprint density at radius 3 is 2.57 bits per heavy atom. The highest BCUT2D eigenvalue weighted by molar-refractivity contribution is 5.80. The minimum atomic E-state index is -0.239. The van der Waals surface area contributed by atoms with E-state index in [-0.39, 0.29) is 23.5 Å². The molecule has 0 bridgehead atoms. The van der Waals surface area contributed by atoms with Crippen molar-refractivity contribution in [3.8, 4) is 5.75 Å². The van der Waals surface area contributed by atoms with Gasteiger partial charge in [-0.1, -0.05) is 24.6 Å². The molecule has 2 aromatic rings. The third kappa shape index (κ3) is 3.21. The minimum Gasteiger partial charge on any atom is -0.487 e. The number of benzene rings is 1. The Morgan fingerprint density at radius 2 is 1.86 bits per heavy atom. The maximum atomic E-state index is 12.6. The number of anilines is 1. The third-order valence-corrected chi connectivity index (χ3v) is 6.50. The van der Waals surface area contributed by atoms with E-state index in [0.29, 0.717) is 0 Å². The van der Waals surface area contributed by atoms with Gasteiger partial charge in [0.25, 0.3) is 0 Å². The zero-order chi connectivity index (χ0) is 19.0. The largest absolute Gasteiger partial charge is 0.487 e. The van der Waals surface area contributed by atoms with Gasteiger partial charge in [-0.2, -0.15) is 0 Å². The van der Waals surface area contributed by atoms with Crippen LogP contribution >= 0.6 is 0 Å². The first-order valence-corrected chi connectivity index (χ1v) is 10.3. The van der Waals surface area contributed by atoms with E-state index >= 15 is 0 Å². The molecule has 3 aliphatic rings. The van der Waals surface area contributed by atoms with Gasteiger partial charge in [-0.25, -0.2) is 9.97 Å². The molecular formula is C22H26N4O2. The number of hydrogen-bond acceptors (Lipinski definition) is 5. The summed E-state index contributed by atoms with van der Waals surface area (Å²) in [4.78, 5) is 23.6. The zero-order valence-electron chi connectivity index (χ0n) is 16.0. The van der Waals surface area contributed by atoms with Crippen molar-refractivity contribution >= 4 is 11.9 Å². The van der Waals surface area contributed by atoms with Crippen molar-refractivity contribution < 1.29 is 9.53 Å². The fourth-order valence-corrected chi connectivity index (χ4v) is 4.58. The molecule has 6 heteroatoms. The smallest absolute Gasteiger partial charge is 0.225 e. The van der Waals surface area contributed by atoms with Crippen molar-refractivity contribution in [2.45, 2.75) is 50.2 Å². The van der Waals surface area contributed by atoms with E-state index < -0.39 is 0 Å². The molecule has 2 aliphatic heterocycles. The van der Waals surface area contributed by atoms with Gasteiger partial charge in [-0.15, -0.1) is 0 Å². The lowest BCUT2D eigenvalue weighted by atomic mass is 9.79. The van der Waals surface area contributed by atoms with E-state index in [4.69, 9.17) is 4.74 Å². The van der Waals surface area contributed by atoms with Gasteiger partial charge in [0.15, 0.2) is 0 Å². The number of hydrogen-bond donors (Lipinski definition) is 1. The lowest BCUT2D eigenvalue weighted by Gasteiger charge is -2.47. The maximum Gasteiger partial charge on any atom is 0.225 e. The molecule has 1 aliphatic carbocycles. The molecule has 0 radical (unpaired) electrons. The minimum absolute atomic E-state index is 0.0255. The number of nitrogens with zero attached hydrogens (tertiary/aromatic N) is 3. The standard InChI is InChI=1S/C22H26N4O2/c27-20(16-5-3-6-16)25-18-15-22(28-19-8-2-1-7-17(18)19)9-13-26(14-10-22)21-23-11-4-12-24-21/h1-2,4,7-8,11-12,16,18H,3,5-6,9-10,13-15H2,(H,25,27). The summed E-state index contributed by atoms with van der Waals surface area (Å²) in [6, 6.07) is 10.0. The van der Waals surface area contributed by atoms with Crippen molar-refractivity contribution in [3.05, 3.63) is 48.3 Å². The molecule has 6 nitrogen and oxygen atoms in total. The fourth-order valence-electron chi connectivity index (χ4n) is 4.58. The van der Waals surface area contributed by atoms with Gasteiger partial charge in [-0.3, -0.25) is 4.79 Å². The van der Waals surface area contributed by atoms with Crippen LogP contribution in [0.25, 0.3) is 0 Å². The van der Waals surface area contributed by atoms with Gasteiger partial charge in [0.2, 0.25) is 11.9 Å². The number of nitrogens with one attached hydrogen (secondary N) is 1. The number of carbonyl (C=O) groups excluding carboxylic acids is 1. The molecule has 3 heterocycles. The summed E-state index contributed by atoms with van der Waals surface area (Å²) in [6.07, 6.45) is 9.40. The van der Waals surface area contributed by atoms with Crippen LogP contribution in [0.4, 0.5) is 5.95 Å². The lowest BCUT2D eigenvalue weighted by Crippen LogP contribution is -2.53. The number of amides is 1. The first kappa shape index (κ1) is 17.5. The van der Waals surface area contributed by atoms with Gasteiger partial charge < -0.3 is 15.0 Å². The number of aromatic nitrogens is 2. The van der Waals surface area contributed by atoms with Crippen LogP contribution in [0, 0.1) is 5.92 Å². The second kappa shape index (κ2) is 7.08. The summed E-state index contributed by atoms with van der Waals surface area (Å²) in [7, 11) is 0. The molecule has 1 atom stereocenters. The summed E-state index contributed by atoms with van der Waals surface area (Å²) in [6.45, 7) is 1.71. The average molecular weight is 378 g/mol. The van der Waals surface area contributed by atoms with Gasteiger partial charge in [-0.05, 0) is 25.0 Å². The Morgan fingerprint density at radius 1 is 1.11 bits per heavy atom. The van der Waals surface area contributed by atoms with E-state index in [2.05, 4.69) is 26.3 Å². The van der Waals surface area contributed by atoms with Crippen LogP contribution in [0.15, 0.2) is 42.7 Å². The number of fused-ring (bicyclic) bond motifs is 1. The van der Waals surface area contributed by atoms with Crippen LogP contribution in [-0.2, 0) is 4.79 Å². The van der Waals surface area contributed by atoms with Crippen molar-refractivity contribution in [3.63, 3.8) is 0 Å². The van der Waals surface area contributed by atoms with E-state index in [1.165, 1.54) is 6.42 Å². The molecule has 1 aromatic heterocycles. The monoisotopic (exact) mass is 378 g/mol.